The molecule has 0 atom stereocenters. The second-order valence-electron chi connectivity index (χ2n) is 9.07. The summed E-state index contributed by atoms with van der Waals surface area (Å²) in [6, 6.07) is 15.2. The van der Waals surface area contributed by atoms with E-state index in [0.29, 0.717) is 6.04 Å². The molecule has 1 saturated heterocycles. The summed E-state index contributed by atoms with van der Waals surface area (Å²) < 4.78 is 10.9. The summed E-state index contributed by atoms with van der Waals surface area (Å²) in [4.78, 5) is 5.22. The van der Waals surface area contributed by atoms with Crippen molar-refractivity contribution in [2.75, 3.05) is 33.0 Å². The van der Waals surface area contributed by atoms with E-state index in [1.54, 1.807) is 0 Å². The standard InChI is InChI=1S/C25H32N2O3/c1-19-4-2-3-5-20(19)17-26-12-14-27(15-13-26)22-8-10-25(28,11-9-22)21-6-7-23-24(16-21)30-18-29-23/h2-7,16,22,28H,8-15,17-18H2,1H3. The molecule has 3 aliphatic rings. The van der Waals surface area contributed by atoms with Crippen molar-refractivity contribution in [3.63, 3.8) is 0 Å². The Morgan fingerprint density at radius 1 is 0.967 bits per heavy atom. The first-order chi connectivity index (χ1) is 14.6. The highest BCUT2D eigenvalue weighted by atomic mass is 16.7. The molecule has 160 valence electrons. The molecule has 1 aliphatic carbocycles. The highest BCUT2D eigenvalue weighted by Crippen LogP contribution is 2.42. The van der Waals surface area contributed by atoms with Crippen molar-refractivity contribution in [1.82, 2.24) is 9.80 Å². The summed E-state index contributed by atoms with van der Waals surface area (Å²) in [5.74, 6) is 1.53. The molecular weight excluding hydrogens is 376 g/mol. The van der Waals surface area contributed by atoms with E-state index in [2.05, 4.69) is 41.0 Å². The van der Waals surface area contributed by atoms with Crippen molar-refractivity contribution in [3.05, 3.63) is 59.2 Å². The van der Waals surface area contributed by atoms with E-state index >= 15 is 0 Å². The first-order valence-electron chi connectivity index (χ1n) is 11.2. The normalized spacial score (nSPS) is 27.3. The Hall–Kier alpha value is -2.08. The molecule has 2 fully saturated rings. The number of aryl methyl sites for hydroxylation is 1. The van der Waals surface area contributed by atoms with E-state index in [1.807, 2.05) is 18.2 Å². The van der Waals surface area contributed by atoms with Gasteiger partial charge in [0.1, 0.15) is 0 Å². The van der Waals surface area contributed by atoms with Crippen LogP contribution in [0.2, 0.25) is 0 Å². The molecule has 5 nitrogen and oxygen atoms in total. The predicted molar refractivity (Wildman–Crippen MR) is 117 cm³/mol. The van der Waals surface area contributed by atoms with Crippen LogP contribution in [-0.2, 0) is 12.1 Å². The number of nitrogens with zero attached hydrogens (tertiary/aromatic N) is 2. The van der Waals surface area contributed by atoms with Gasteiger partial charge >= 0.3 is 0 Å². The summed E-state index contributed by atoms with van der Waals surface area (Å²) in [5.41, 5.74) is 3.05. The fraction of sp³-hybridized carbons (Fsp3) is 0.520. The molecule has 0 spiro atoms. The van der Waals surface area contributed by atoms with Crippen LogP contribution < -0.4 is 9.47 Å². The Kier molecular flexibility index (Phi) is 5.44. The van der Waals surface area contributed by atoms with Crippen molar-refractivity contribution >= 4 is 0 Å². The first-order valence-corrected chi connectivity index (χ1v) is 11.2. The van der Waals surface area contributed by atoms with Gasteiger partial charge in [0.15, 0.2) is 11.5 Å². The van der Waals surface area contributed by atoms with Crippen LogP contribution in [-0.4, -0.2) is 53.9 Å². The van der Waals surface area contributed by atoms with E-state index < -0.39 is 5.60 Å². The number of fused-ring (bicyclic) bond motifs is 1. The molecule has 2 aliphatic heterocycles. The van der Waals surface area contributed by atoms with Crippen LogP contribution >= 0.6 is 0 Å². The summed E-state index contributed by atoms with van der Waals surface area (Å²) >= 11 is 0. The minimum absolute atomic E-state index is 0.273. The maximum atomic E-state index is 11.3. The molecule has 0 amide bonds. The lowest BCUT2D eigenvalue weighted by Crippen LogP contribution is -2.51. The fourth-order valence-corrected chi connectivity index (χ4v) is 5.23. The van der Waals surface area contributed by atoms with Crippen molar-refractivity contribution in [2.45, 2.75) is 50.8 Å². The van der Waals surface area contributed by atoms with Crippen LogP contribution in [0.1, 0.15) is 42.4 Å². The first kappa shape index (κ1) is 19.9. The van der Waals surface area contributed by atoms with E-state index in [4.69, 9.17) is 9.47 Å². The molecule has 2 heterocycles. The summed E-state index contributed by atoms with van der Waals surface area (Å²) in [5, 5.41) is 11.3. The lowest BCUT2D eigenvalue weighted by Gasteiger charge is -2.44. The lowest BCUT2D eigenvalue weighted by atomic mass is 9.77. The maximum absolute atomic E-state index is 11.3. The van der Waals surface area contributed by atoms with Crippen LogP contribution in [0.15, 0.2) is 42.5 Å². The third kappa shape index (κ3) is 3.94. The van der Waals surface area contributed by atoms with Gasteiger partial charge in [0, 0.05) is 38.8 Å². The molecule has 0 bridgehead atoms. The van der Waals surface area contributed by atoms with Gasteiger partial charge in [-0.15, -0.1) is 0 Å². The van der Waals surface area contributed by atoms with E-state index in [0.717, 1.165) is 75.5 Å². The van der Waals surface area contributed by atoms with E-state index in [9.17, 15) is 5.11 Å². The molecule has 5 heteroatoms. The van der Waals surface area contributed by atoms with Crippen molar-refractivity contribution in [1.29, 1.82) is 0 Å². The predicted octanol–water partition coefficient (Wildman–Crippen LogP) is 3.67. The number of hydrogen-bond acceptors (Lipinski definition) is 5. The van der Waals surface area contributed by atoms with Gasteiger partial charge in [-0.05, 0) is 61.4 Å². The lowest BCUT2D eigenvalue weighted by molar-refractivity contribution is -0.0321. The number of aliphatic hydroxyl groups is 1. The Labute approximate surface area is 179 Å². The summed E-state index contributed by atoms with van der Waals surface area (Å²) in [7, 11) is 0. The summed E-state index contributed by atoms with van der Waals surface area (Å²) in [6.07, 6.45) is 3.70. The van der Waals surface area contributed by atoms with Crippen LogP contribution in [0.3, 0.4) is 0 Å². The van der Waals surface area contributed by atoms with Gasteiger partial charge in [-0.25, -0.2) is 0 Å². The smallest absolute Gasteiger partial charge is 0.231 e. The summed E-state index contributed by atoms with van der Waals surface area (Å²) in [6.45, 7) is 8.02. The number of benzene rings is 2. The monoisotopic (exact) mass is 408 g/mol. The van der Waals surface area contributed by atoms with E-state index in [1.165, 1.54) is 11.1 Å². The largest absolute Gasteiger partial charge is 0.454 e. The van der Waals surface area contributed by atoms with Gasteiger partial charge in [-0.2, -0.15) is 0 Å². The van der Waals surface area contributed by atoms with Crippen molar-refractivity contribution in [3.8, 4) is 11.5 Å². The zero-order chi connectivity index (χ0) is 20.6. The van der Waals surface area contributed by atoms with Crippen molar-refractivity contribution in [2.24, 2.45) is 0 Å². The van der Waals surface area contributed by atoms with Gasteiger partial charge in [0.2, 0.25) is 6.79 Å². The SMILES string of the molecule is Cc1ccccc1CN1CCN(C2CCC(O)(c3ccc4c(c3)OCO4)CC2)CC1. The topological polar surface area (TPSA) is 45.2 Å². The van der Waals surface area contributed by atoms with E-state index in [-0.39, 0.29) is 6.79 Å². The van der Waals surface area contributed by atoms with Gasteiger partial charge in [-0.3, -0.25) is 9.80 Å². The molecule has 2 aromatic rings. The maximum Gasteiger partial charge on any atom is 0.231 e. The zero-order valence-electron chi connectivity index (χ0n) is 17.8. The van der Waals surface area contributed by atoms with Crippen LogP contribution in [0.4, 0.5) is 0 Å². The molecule has 0 radical (unpaired) electrons. The molecular formula is C25H32N2O3. The Bertz CT molecular complexity index is 884. The Morgan fingerprint density at radius 2 is 1.70 bits per heavy atom. The molecule has 1 saturated carbocycles. The molecule has 1 N–H and O–H groups in total. The van der Waals surface area contributed by atoms with Crippen LogP contribution in [0, 0.1) is 6.92 Å². The number of piperazine rings is 1. The van der Waals surface area contributed by atoms with Crippen LogP contribution in [0.5, 0.6) is 11.5 Å². The molecule has 30 heavy (non-hydrogen) atoms. The van der Waals surface area contributed by atoms with Gasteiger partial charge < -0.3 is 14.6 Å². The van der Waals surface area contributed by atoms with Gasteiger partial charge in [0.05, 0.1) is 5.60 Å². The number of hydrogen-bond donors (Lipinski definition) is 1. The zero-order valence-corrected chi connectivity index (χ0v) is 17.8. The molecule has 2 aromatic carbocycles. The highest BCUT2D eigenvalue weighted by Gasteiger charge is 2.38. The van der Waals surface area contributed by atoms with Crippen molar-refractivity contribution < 1.29 is 14.6 Å². The Morgan fingerprint density at radius 3 is 2.47 bits per heavy atom. The minimum atomic E-state index is -0.746. The number of ether oxygens (including phenoxy) is 2. The molecule has 0 unspecified atom stereocenters. The fourth-order valence-electron chi connectivity index (χ4n) is 5.23. The highest BCUT2D eigenvalue weighted by molar-refractivity contribution is 5.46. The van der Waals surface area contributed by atoms with Gasteiger partial charge in [-0.1, -0.05) is 30.3 Å². The van der Waals surface area contributed by atoms with Crippen LogP contribution in [0.25, 0.3) is 0 Å². The third-order valence-electron chi connectivity index (χ3n) is 7.27. The quantitative estimate of drug-likeness (QED) is 0.836. The number of rotatable bonds is 4. The van der Waals surface area contributed by atoms with Gasteiger partial charge in [0.25, 0.3) is 0 Å². The third-order valence-corrected chi connectivity index (χ3v) is 7.27. The average molecular weight is 409 g/mol. The second kappa shape index (κ2) is 8.22. The average Bonchev–Trinajstić information content (AvgIpc) is 3.25. The second-order valence-corrected chi connectivity index (χ2v) is 9.07. The molecule has 5 rings (SSSR count). The molecule has 0 aromatic heterocycles. The Balaban J connectivity index is 1.14. The minimum Gasteiger partial charge on any atom is -0.454 e.